The Labute approximate surface area is 152 Å². The third-order valence-electron chi connectivity index (χ3n) is 4.93. The molecule has 4 rings (SSSR count). The van der Waals surface area contributed by atoms with E-state index in [-0.39, 0.29) is 17.7 Å². The molecule has 0 saturated carbocycles. The maximum Gasteiger partial charge on any atom is 0.226 e. The number of carbonyl (C=O) groups excluding carboxylic acids is 1. The van der Waals surface area contributed by atoms with Gasteiger partial charge in [0.1, 0.15) is 11.6 Å². The van der Waals surface area contributed by atoms with Gasteiger partial charge in [0.15, 0.2) is 0 Å². The highest BCUT2D eigenvalue weighted by Gasteiger charge is 2.35. The number of aromatic nitrogens is 3. The van der Waals surface area contributed by atoms with Gasteiger partial charge in [0.25, 0.3) is 0 Å². The van der Waals surface area contributed by atoms with Crippen molar-refractivity contribution >= 4 is 11.7 Å². The third-order valence-corrected chi connectivity index (χ3v) is 4.93. The lowest BCUT2D eigenvalue weighted by Crippen LogP contribution is -2.24. The van der Waals surface area contributed by atoms with E-state index in [9.17, 15) is 4.79 Å². The van der Waals surface area contributed by atoms with Crippen LogP contribution in [0, 0.1) is 13.8 Å². The van der Waals surface area contributed by atoms with Gasteiger partial charge in [-0.2, -0.15) is 5.10 Å². The first-order valence-electron chi connectivity index (χ1n) is 8.87. The van der Waals surface area contributed by atoms with Crippen molar-refractivity contribution in [3.8, 4) is 5.69 Å². The molecule has 0 bridgehead atoms. The second-order valence-corrected chi connectivity index (χ2v) is 7.16. The molecule has 3 heterocycles. The molecule has 0 unspecified atom stereocenters. The number of amides is 1. The SMILES string of the molecule is Cc1ccccc1-n1nc(C)c2c1NC(=O)C[C@@H]2c1cc(C(C)C)no1. The number of nitrogens with one attached hydrogen (secondary N) is 1. The summed E-state index contributed by atoms with van der Waals surface area (Å²) in [6.07, 6.45) is 0.333. The third kappa shape index (κ3) is 2.62. The normalized spacial score (nSPS) is 16.7. The highest BCUT2D eigenvalue weighted by molar-refractivity contribution is 5.95. The second kappa shape index (κ2) is 6.12. The van der Waals surface area contributed by atoms with E-state index in [0.717, 1.165) is 39.8 Å². The number of aryl methyl sites for hydroxylation is 2. The predicted octanol–water partition coefficient (Wildman–Crippen LogP) is 4.07. The Balaban J connectivity index is 1.86. The number of hydrogen-bond acceptors (Lipinski definition) is 4. The van der Waals surface area contributed by atoms with Gasteiger partial charge in [-0.05, 0) is 31.4 Å². The second-order valence-electron chi connectivity index (χ2n) is 7.16. The number of benzene rings is 1. The summed E-state index contributed by atoms with van der Waals surface area (Å²) in [5.74, 6) is 1.51. The van der Waals surface area contributed by atoms with Crippen LogP contribution in [0.2, 0.25) is 0 Å². The molecule has 0 radical (unpaired) electrons. The minimum absolute atomic E-state index is 0.0419. The Morgan fingerprint density at radius 2 is 2.04 bits per heavy atom. The molecule has 6 heteroatoms. The minimum Gasteiger partial charge on any atom is -0.360 e. The average Bonchev–Trinajstić information content (AvgIpc) is 3.20. The van der Waals surface area contributed by atoms with E-state index in [1.165, 1.54) is 0 Å². The molecule has 1 atom stereocenters. The predicted molar refractivity (Wildman–Crippen MR) is 98.7 cm³/mol. The highest BCUT2D eigenvalue weighted by atomic mass is 16.5. The van der Waals surface area contributed by atoms with Crippen LogP contribution in [0.5, 0.6) is 0 Å². The van der Waals surface area contributed by atoms with Gasteiger partial charge in [0.2, 0.25) is 5.91 Å². The lowest BCUT2D eigenvalue weighted by Gasteiger charge is -2.22. The molecule has 134 valence electrons. The Morgan fingerprint density at radius 1 is 1.27 bits per heavy atom. The summed E-state index contributed by atoms with van der Waals surface area (Å²) in [5, 5.41) is 11.9. The lowest BCUT2D eigenvalue weighted by atomic mass is 9.89. The summed E-state index contributed by atoms with van der Waals surface area (Å²) in [5.41, 5.74) is 4.83. The van der Waals surface area contributed by atoms with Gasteiger partial charge < -0.3 is 9.84 Å². The van der Waals surface area contributed by atoms with E-state index in [1.54, 1.807) is 0 Å². The van der Waals surface area contributed by atoms with Gasteiger partial charge in [-0.1, -0.05) is 37.2 Å². The fraction of sp³-hybridized carbons (Fsp3) is 0.350. The molecule has 0 saturated heterocycles. The maximum absolute atomic E-state index is 12.4. The largest absolute Gasteiger partial charge is 0.360 e. The van der Waals surface area contributed by atoms with Crippen LogP contribution < -0.4 is 5.32 Å². The van der Waals surface area contributed by atoms with E-state index in [0.29, 0.717) is 6.42 Å². The molecular weight excluding hydrogens is 328 g/mol. The van der Waals surface area contributed by atoms with Crippen molar-refractivity contribution in [2.75, 3.05) is 5.32 Å². The number of rotatable bonds is 3. The van der Waals surface area contributed by atoms with Crippen LogP contribution >= 0.6 is 0 Å². The van der Waals surface area contributed by atoms with Crippen LogP contribution in [-0.4, -0.2) is 20.8 Å². The van der Waals surface area contributed by atoms with Crippen LogP contribution in [-0.2, 0) is 4.79 Å². The molecule has 0 aliphatic carbocycles. The van der Waals surface area contributed by atoms with Gasteiger partial charge >= 0.3 is 0 Å². The molecule has 1 amide bonds. The first kappa shape index (κ1) is 16.6. The van der Waals surface area contributed by atoms with Crippen molar-refractivity contribution < 1.29 is 9.32 Å². The Hall–Kier alpha value is -2.89. The lowest BCUT2D eigenvalue weighted by molar-refractivity contribution is -0.116. The van der Waals surface area contributed by atoms with Crippen LogP contribution in [0.15, 0.2) is 34.9 Å². The number of carbonyl (C=O) groups is 1. The number of para-hydroxylation sites is 1. The van der Waals surface area contributed by atoms with Crippen molar-refractivity contribution in [1.29, 1.82) is 0 Å². The van der Waals surface area contributed by atoms with E-state index < -0.39 is 0 Å². The smallest absolute Gasteiger partial charge is 0.226 e. The molecule has 0 fully saturated rings. The number of fused-ring (bicyclic) bond motifs is 1. The summed E-state index contributed by atoms with van der Waals surface area (Å²) in [6, 6.07) is 9.96. The van der Waals surface area contributed by atoms with Crippen LogP contribution in [0.25, 0.3) is 5.69 Å². The van der Waals surface area contributed by atoms with E-state index in [4.69, 9.17) is 9.62 Å². The molecule has 1 aromatic carbocycles. The quantitative estimate of drug-likeness (QED) is 0.773. The fourth-order valence-electron chi connectivity index (χ4n) is 3.51. The van der Waals surface area contributed by atoms with E-state index in [2.05, 4.69) is 24.3 Å². The first-order valence-corrected chi connectivity index (χ1v) is 8.87. The molecule has 6 nitrogen and oxygen atoms in total. The minimum atomic E-state index is -0.170. The molecular formula is C20H22N4O2. The maximum atomic E-state index is 12.4. The Kier molecular flexibility index (Phi) is 3.90. The summed E-state index contributed by atoms with van der Waals surface area (Å²) in [4.78, 5) is 12.4. The monoisotopic (exact) mass is 350 g/mol. The van der Waals surface area contributed by atoms with Crippen molar-refractivity contribution in [1.82, 2.24) is 14.9 Å². The number of nitrogens with zero attached hydrogens (tertiary/aromatic N) is 3. The zero-order chi connectivity index (χ0) is 18.4. The zero-order valence-corrected chi connectivity index (χ0v) is 15.4. The van der Waals surface area contributed by atoms with Crippen LogP contribution in [0.3, 0.4) is 0 Å². The summed E-state index contributed by atoms with van der Waals surface area (Å²) in [6.45, 7) is 8.15. The van der Waals surface area contributed by atoms with Crippen molar-refractivity contribution in [3.05, 3.63) is 58.6 Å². The average molecular weight is 350 g/mol. The van der Waals surface area contributed by atoms with Gasteiger partial charge in [-0.15, -0.1) is 0 Å². The molecule has 1 N–H and O–H groups in total. The van der Waals surface area contributed by atoms with Crippen molar-refractivity contribution in [3.63, 3.8) is 0 Å². The molecule has 0 spiro atoms. The molecule has 3 aromatic rings. The molecule has 2 aromatic heterocycles. The van der Waals surface area contributed by atoms with Crippen LogP contribution in [0.4, 0.5) is 5.82 Å². The van der Waals surface area contributed by atoms with Crippen LogP contribution in [0.1, 0.15) is 60.4 Å². The van der Waals surface area contributed by atoms with Crippen molar-refractivity contribution in [2.24, 2.45) is 0 Å². The Bertz CT molecular complexity index is 984. The molecule has 26 heavy (non-hydrogen) atoms. The van der Waals surface area contributed by atoms with Crippen molar-refractivity contribution in [2.45, 2.75) is 46.0 Å². The zero-order valence-electron chi connectivity index (χ0n) is 15.4. The van der Waals surface area contributed by atoms with Gasteiger partial charge in [-0.3, -0.25) is 4.79 Å². The van der Waals surface area contributed by atoms with Gasteiger partial charge in [0, 0.05) is 18.1 Å². The number of anilines is 1. The summed E-state index contributed by atoms with van der Waals surface area (Å²) >= 11 is 0. The van der Waals surface area contributed by atoms with E-state index in [1.807, 2.05) is 48.9 Å². The standard InChI is InChI=1S/C20H22N4O2/c1-11(2)15-10-17(26-23-15)14-9-18(25)21-20-19(14)13(4)22-24(20)16-8-6-5-7-12(16)3/h5-8,10-11,14H,9H2,1-4H3,(H,21,25)/t14-/m1/s1. The molecule has 1 aliphatic rings. The summed E-state index contributed by atoms with van der Waals surface area (Å²) < 4.78 is 7.42. The van der Waals surface area contributed by atoms with Gasteiger partial charge in [0.05, 0.1) is 23.0 Å². The molecule has 1 aliphatic heterocycles. The Morgan fingerprint density at radius 3 is 2.73 bits per heavy atom. The number of hydrogen-bond donors (Lipinski definition) is 1. The topological polar surface area (TPSA) is 73.0 Å². The van der Waals surface area contributed by atoms with Gasteiger partial charge in [-0.25, -0.2) is 4.68 Å². The first-order chi connectivity index (χ1) is 12.5. The van der Waals surface area contributed by atoms with E-state index >= 15 is 0 Å². The summed E-state index contributed by atoms with van der Waals surface area (Å²) in [7, 11) is 0. The highest BCUT2D eigenvalue weighted by Crippen LogP contribution is 2.41. The fourth-order valence-corrected chi connectivity index (χ4v) is 3.51.